The second-order valence-corrected chi connectivity index (χ2v) is 3.39. The summed E-state index contributed by atoms with van der Waals surface area (Å²) in [5, 5.41) is 2.73. The van der Waals surface area contributed by atoms with Crippen molar-refractivity contribution in [2.45, 2.75) is 20.3 Å². The summed E-state index contributed by atoms with van der Waals surface area (Å²) in [6.45, 7) is 3.98. The molecule has 0 saturated carbocycles. The minimum atomic E-state index is -0.328. The van der Waals surface area contributed by atoms with Crippen molar-refractivity contribution in [3.8, 4) is 11.8 Å². The van der Waals surface area contributed by atoms with E-state index in [1.807, 2.05) is 0 Å². The van der Waals surface area contributed by atoms with Crippen LogP contribution in [0.1, 0.15) is 29.3 Å². The van der Waals surface area contributed by atoms with Crippen LogP contribution in [0.25, 0.3) is 0 Å². The molecule has 1 N–H and O–H groups in total. The van der Waals surface area contributed by atoms with E-state index in [0.29, 0.717) is 24.1 Å². The van der Waals surface area contributed by atoms with Crippen molar-refractivity contribution in [3.05, 3.63) is 35.1 Å². The molecule has 0 spiro atoms. The number of carbonyl (C=O) groups is 1. The van der Waals surface area contributed by atoms with Crippen LogP contribution in [0.5, 0.6) is 0 Å². The number of rotatable bonds is 3. The highest BCUT2D eigenvalue weighted by Crippen LogP contribution is 2.09. The summed E-state index contributed by atoms with van der Waals surface area (Å²) in [7, 11) is 0. The smallest absolute Gasteiger partial charge is 0.251 e. The Bertz CT molecular complexity index is 443. The topological polar surface area (TPSA) is 29.1 Å². The molecule has 1 rings (SSSR count). The lowest BCUT2D eigenvalue weighted by Gasteiger charge is -2.06. The molecular weight excluding hydrogens is 205 g/mol. The lowest BCUT2D eigenvalue weighted by molar-refractivity contribution is 0.0954. The normalized spacial score (nSPS) is 9.19. The molecule has 0 fully saturated rings. The molecule has 3 heteroatoms. The number of carbonyl (C=O) groups excluding carboxylic acids is 1. The molecule has 0 saturated heterocycles. The summed E-state index contributed by atoms with van der Waals surface area (Å²) in [6, 6.07) is 4.13. The van der Waals surface area contributed by atoms with Crippen molar-refractivity contribution in [1.29, 1.82) is 0 Å². The molecule has 0 bridgehead atoms. The predicted molar refractivity (Wildman–Crippen MR) is 61.5 cm³/mol. The second-order valence-electron chi connectivity index (χ2n) is 3.39. The van der Waals surface area contributed by atoms with Crippen LogP contribution in [0.4, 0.5) is 4.39 Å². The van der Waals surface area contributed by atoms with E-state index in [1.165, 1.54) is 18.2 Å². The molecule has 0 aliphatic carbocycles. The largest absolute Gasteiger partial charge is 0.351 e. The van der Waals surface area contributed by atoms with Crippen LogP contribution in [0, 0.1) is 24.6 Å². The Morgan fingerprint density at radius 2 is 2.25 bits per heavy atom. The molecule has 16 heavy (non-hydrogen) atoms. The average molecular weight is 219 g/mol. The van der Waals surface area contributed by atoms with Crippen molar-refractivity contribution < 1.29 is 9.18 Å². The van der Waals surface area contributed by atoms with E-state index in [4.69, 9.17) is 0 Å². The second kappa shape index (κ2) is 5.92. The first-order valence-corrected chi connectivity index (χ1v) is 5.09. The Morgan fingerprint density at radius 1 is 1.50 bits per heavy atom. The number of hydrogen-bond acceptors (Lipinski definition) is 1. The van der Waals surface area contributed by atoms with Gasteiger partial charge in [0.05, 0.1) is 0 Å². The SMILES string of the molecule is CC#CCCNC(=O)c1ccc(F)cc1C. The van der Waals surface area contributed by atoms with Gasteiger partial charge in [-0.05, 0) is 37.6 Å². The van der Waals surface area contributed by atoms with Gasteiger partial charge in [0.1, 0.15) is 5.82 Å². The van der Waals surface area contributed by atoms with E-state index in [-0.39, 0.29) is 11.7 Å². The number of nitrogens with one attached hydrogen (secondary N) is 1. The third kappa shape index (κ3) is 3.39. The maximum Gasteiger partial charge on any atom is 0.251 e. The van der Waals surface area contributed by atoms with E-state index in [0.717, 1.165) is 0 Å². The summed E-state index contributed by atoms with van der Waals surface area (Å²) < 4.78 is 12.8. The summed E-state index contributed by atoms with van der Waals surface area (Å²) in [5.41, 5.74) is 1.14. The highest BCUT2D eigenvalue weighted by Gasteiger charge is 2.08. The van der Waals surface area contributed by atoms with Crippen molar-refractivity contribution >= 4 is 5.91 Å². The summed E-state index contributed by atoms with van der Waals surface area (Å²) in [5.74, 6) is 5.09. The maximum atomic E-state index is 12.8. The zero-order chi connectivity index (χ0) is 12.0. The molecular formula is C13H14FNO. The molecule has 1 aromatic carbocycles. The number of benzene rings is 1. The highest BCUT2D eigenvalue weighted by molar-refractivity contribution is 5.95. The Kier molecular flexibility index (Phi) is 4.53. The van der Waals surface area contributed by atoms with E-state index in [2.05, 4.69) is 17.2 Å². The first-order valence-electron chi connectivity index (χ1n) is 5.09. The van der Waals surface area contributed by atoms with Crippen LogP contribution in [0.2, 0.25) is 0 Å². The van der Waals surface area contributed by atoms with E-state index < -0.39 is 0 Å². The van der Waals surface area contributed by atoms with Gasteiger partial charge in [0, 0.05) is 18.5 Å². The monoisotopic (exact) mass is 219 g/mol. The zero-order valence-electron chi connectivity index (χ0n) is 9.43. The fourth-order valence-corrected chi connectivity index (χ4v) is 1.34. The third-order valence-electron chi connectivity index (χ3n) is 2.15. The lowest BCUT2D eigenvalue weighted by atomic mass is 10.1. The Morgan fingerprint density at radius 3 is 2.88 bits per heavy atom. The molecule has 1 aromatic rings. The number of hydrogen-bond donors (Lipinski definition) is 1. The van der Waals surface area contributed by atoms with Crippen LogP contribution in [0.15, 0.2) is 18.2 Å². The number of amides is 1. The fraction of sp³-hybridized carbons (Fsp3) is 0.308. The van der Waals surface area contributed by atoms with Crippen LogP contribution in [-0.2, 0) is 0 Å². The first-order chi connectivity index (χ1) is 7.65. The van der Waals surface area contributed by atoms with E-state index >= 15 is 0 Å². The molecule has 0 aromatic heterocycles. The van der Waals surface area contributed by atoms with Crippen molar-refractivity contribution in [2.24, 2.45) is 0 Å². The van der Waals surface area contributed by atoms with Crippen LogP contribution >= 0.6 is 0 Å². The third-order valence-corrected chi connectivity index (χ3v) is 2.15. The van der Waals surface area contributed by atoms with Gasteiger partial charge in [-0.25, -0.2) is 4.39 Å². The molecule has 84 valence electrons. The molecule has 0 aliphatic heterocycles. The Balaban J connectivity index is 2.61. The summed E-state index contributed by atoms with van der Waals surface area (Å²) >= 11 is 0. The van der Waals surface area contributed by atoms with Gasteiger partial charge in [-0.15, -0.1) is 11.8 Å². The minimum absolute atomic E-state index is 0.185. The van der Waals surface area contributed by atoms with Gasteiger partial charge < -0.3 is 5.32 Å². The maximum absolute atomic E-state index is 12.8. The molecule has 0 radical (unpaired) electrons. The van der Waals surface area contributed by atoms with Crippen LogP contribution < -0.4 is 5.32 Å². The highest BCUT2D eigenvalue weighted by atomic mass is 19.1. The first kappa shape index (κ1) is 12.3. The fourth-order valence-electron chi connectivity index (χ4n) is 1.34. The average Bonchev–Trinajstić information content (AvgIpc) is 2.24. The van der Waals surface area contributed by atoms with Gasteiger partial charge >= 0.3 is 0 Å². The summed E-state index contributed by atoms with van der Waals surface area (Å²) in [4.78, 5) is 11.7. The van der Waals surface area contributed by atoms with E-state index in [9.17, 15) is 9.18 Å². The standard InChI is InChI=1S/C13H14FNO/c1-3-4-5-8-15-13(16)12-7-6-11(14)9-10(12)2/h6-7,9H,5,8H2,1-2H3,(H,15,16). The van der Waals surface area contributed by atoms with E-state index in [1.54, 1.807) is 13.8 Å². The lowest BCUT2D eigenvalue weighted by Crippen LogP contribution is -2.24. The Labute approximate surface area is 94.9 Å². The molecule has 2 nitrogen and oxygen atoms in total. The van der Waals surface area contributed by atoms with Crippen molar-refractivity contribution in [1.82, 2.24) is 5.32 Å². The van der Waals surface area contributed by atoms with Gasteiger partial charge in [-0.1, -0.05) is 0 Å². The number of aryl methyl sites for hydroxylation is 1. The zero-order valence-corrected chi connectivity index (χ0v) is 9.43. The minimum Gasteiger partial charge on any atom is -0.351 e. The Hall–Kier alpha value is -1.82. The summed E-state index contributed by atoms with van der Waals surface area (Å²) in [6.07, 6.45) is 0.627. The van der Waals surface area contributed by atoms with Crippen LogP contribution in [0.3, 0.4) is 0 Å². The van der Waals surface area contributed by atoms with Crippen molar-refractivity contribution in [2.75, 3.05) is 6.54 Å². The van der Waals surface area contributed by atoms with Gasteiger partial charge in [-0.3, -0.25) is 4.79 Å². The van der Waals surface area contributed by atoms with Gasteiger partial charge in [0.15, 0.2) is 0 Å². The van der Waals surface area contributed by atoms with Gasteiger partial charge in [-0.2, -0.15) is 0 Å². The molecule has 0 aliphatic rings. The van der Waals surface area contributed by atoms with Gasteiger partial charge in [0.2, 0.25) is 0 Å². The predicted octanol–water partition coefficient (Wildman–Crippen LogP) is 2.28. The van der Waals surface area contributed by atoms with Crippen molar-refractivity contribution in [3.63, 3.8) is 0 Å². The molecule has 1 amide bonds. The quantitative estimate of drug-likeness (QED) is 0.613. The van der Waals surface area contributed by atoms with Crippen LogP contribution in [-0.4, -0.2) is 12.5 Å². The molecule has 0 unspecified atom stereocenters. The molecule has 0 atom stereocenters. The van der Waals surface area contributed by atoms with Gasteiger partial charge in [0.25, 0.3) is 5.91 Å². The number of halogens is 1. The molecule has 0 heterocycles.